The molecular weight excluding hydrogens is 616 g/mol. The van der Waals surface area contributed by atoms with Gasteiger partial charge >= 0.3 is 29.8 Å². The van der Waals surface area contributed by atoms with Crippen LogP contribution in [0.3, 0.4) is 0 Å². The minimum atomic E-state index is -2.19. The number of hydrogen-bond donors (Lipinski definition) is 2. The van der Waals surface area contributed by atoms with Gasteiger partial charge in [0.1, 0.15) is 18.3 Å². The number of carbonyl (C=O) groups excluding carboxylic acids is 5. The summed E-state index contributed by atoms with van der Waals surface area (Å²) >= 11 is 0. The average Bonchev–Trinajstić information content (AvgIpc) is 3.63. The van der Waals surface area contributed by atoms with Gasteiger partial charge in [0.25, 0.3) is 0 Å². The fourth-order valence-corrected chi connectivity index (χ4v) is 9.46. The van der Waals surface area contributed by atoms with Crippen LogP contribution in [-0.2, 0) is 47.6 Å². The van der Waals surface area contributed by atoms with Gasteiger partial charge in [-0.2, -0.15) is 0 Å². The van der Waals surface area contributed by atoms with Crippen LogP contribution in [0.4, 0.5) is 0 Å². The first-order valence-corrected chi connectivity index (χ1v) is 16.2. The van der Waals surface area contributed by atoms with E-state index < -0.39 is 107 Å². The maximum Gasteiger partial charge on any atom is 0.350 e. The van der Waals surface area contributed by atoms with Crippen LogP contribution < -0.4 is 0 Å². The summed E-state index contributed by atoms with van der Waals surface area (Å²) in [6.07, 6.45) is -6.39. The van der Waals surface area contributed by atoms with Crippen molar-refractivity contribution in [3.63, 3.8) is 0 Å². The van der Waals surface area contributed by atoms with Crippen LogP contribution >= 0.6 is 0 Å². The lowest BCUT2D eigenvalue weighted by Crippen LogP contribution is -2.68. The SMILES string of the molecule is CCCCC(OC(C)=O)c1ccccc1C(=O)O[C@H]1C(=O)O[C@H]2OC34C(=O)OC5C[C@@H](C(C)(C)C)C21C53[C@@H](O)[C@@H](CO)OC(=O)[C@H]4C. The minimum absolute atomic E-state index is 0.0484. The zero-order valence-electron chi connectivity index (χ0n) is 27.3. The van der Waals surface area contributed by atoms with Crippen molar-refractivity contribution in [1.29, 1.82) is 0 Å². The third-order valence-corrected chi connectivity index (χ3v) is 11.1. The molecule has 1 aliphatic carbocycles. The largest absolute Gasteiger partial charge is 0.459 e. The van der Waals surface area contributed by atoms with Gasteiger partial charge in [-0.1, -0.05) is 52.3 Å². The lowest BCUT2D eigenvalue weighted by Gasteiger charge is -2.50. The molecule has 13 heteroatoms. The molecule has 0 aromatic heterocycles. The van der Waals surface area contributed by atoms with Crippen LogP contribution in [0, 0.1) is 28.1 Å². The van der Waals surface area contributed by atoms with Gasteiger partial charge < -0.3 is 38.6 Å². The van der Waals surface area contributed by atoms with E-state index in [1.165, 1.54) is 19.9 Å². The first-order chi connectivity index (χ1) is 22.1. The molecule has 2 N–H and O–H groups in total. The number of benzene rings is 1. The number of unbranched alkanes of at least 4 members (excludes halogenated alkanes) is 1. The fourth-order valence-electron chi connectivity index (χ4n) is 9.46. The topological polar surface area (TPSA) is 181 Å². The van der Waals surface area contributed by atoms with Gasteiger partial charge in [0.05, 0.1) is 28.9 Å². The molecule has 5 unspecified atom stereocenters. The Labute approximate surface area is 272 Å². The molecule has 5 fully saturated rings. The summed E-state index contributed by atoms with van der Waals surface area (Å²) in [5.74, 6) is -6.27. The minimum Gasteiger partial charge on any atom is -0.459 e. The Morgan fingerprint density at radius 3 is 2.43 bits per heavy atom. The Kier molecular flexibility index (Phi) is 8.00. The Morgan fingerprint density at radius 1 is 1.09 bits per heavy atom. The molecule has 11 atom stereocenters. The van der Waals surface area contributed by atoms with Gasteiger partial charge in [-0.3, -0.25) is 9.59 Å². The van der Waals surface area contributed by atoms with Crippen molar-refractivity contribution >= 4 is 29.8 Å². The van der Waals surface area contributed by atoms with Crippen molar-refractivity contribution in [1.82, 2.24) is 0 Å². The summed E-state index contributed by atoms with van der Waals surface area (Å²) < 4.78 is 35.5. The summed E-state index contributed by atoms with van der Waals surface area (Å²) in [5.41, 5.74) is -6.13. The van der Waals surface area contributed by atoms with E-state index in [1.807, 2.05) is 27.7 Å². The van der Waals surface area contributed by atoms with Crippen LogP contribution in [-0.4, -0.2) is 83.0 Å². The summed E-state index contributed by atoms with van der Waals surface area (Å²) in [5, 5.41) is 22.6. The van der Waals surface area contributed by atoms with Crippen molar-refractivity contribution < 1.29 is 62.6 Å². The lowest BCUT2D eigenvalue weighted by molar-refractivity contribution is -0.207. The van der Waals surface area contributed by atoms with Crippen molar-refractivity contribution in [3.05, 3.63) is 35.4 Å². The third kappa shape index (κ3) is 4.21. The second-order valence-corrected chi connectivity index (χ2v) is 14.4. The second kappa shape index (κ2) is 11.3. The normalized spacial score (nSPS) is 39.1. The first kappa shape index (κ1) is 33.4. The molecule has 0 amide bonds. The van der Waals surface area contributed by atoms with E-state index in [0.717, 1.165) is 6.42 Å². The number of ether oxygens (including phenoxy) is 6. The zero-order chi connectivity index (χ0) is 34.3. The van der Waals surface area contributed by atoms with Gasteiger partial charge in [0, 0.05) is 12.5 Å². The predicted octanol–water partition coefficient (Wildman–Crippen LogP) is 2.54. The van der Waals surface area contributed by atoms with Gasteiger partial charge in [-0.25, -0.2) is 14.4 Å². The standard InChI is InChI=1S/C34H42O13/c1-7-8-13-20(42-17(3)36)18-11-9-10-12-19(18)27(39)45-25-28(40)46-30-32(25)22(31(4,5)6)14-23-33(32)24(37)21(15-35)43-26(38)16(2)34(33,47-30)29(41)44-23/h9-12,16,20-25,30,35,37H,7-8,13-15H2,1-6H3/t16-,20?,21-,22+,23?,24+,25+,30+,32?,33?,34?/m1/s1. The maximum atomic E-state index is 14.3. The smallest absolute Gasteiger partial charge is 0.350 e. The van der Waals surface area contributed by atoms with Gasteiger partial charge in [0.2, 0.25) is 12.4 Å². The first-order valence-electron chi connectivity index (χ1n) is 16.2. The maximum absolute atomic E-state index is 14.3. The summed E-state index contributed by atoms with van der Waals surface area (Å²) in [4.78, 5) is 67.5. The molecule has 4 heterocycles. The van der Waals surface area contributed by atoms with Crippen LogP contribution in [0.15, 0.2) is 24.3 Å². The summed E-state index contributed by atoms with van der Waals surface area (Å²) in [6, 6.07) is 6.45. The van der Waals surface area contributed by atoms with E-state index in [0.29, 0.717) is 18.4 Å². The van der Waals surface area contributed by atoms with Crippen LogP contribution in [0.2, 0.25) is 0 Å². The lowest BCUT2D eigenvalue weighted by atomic mass is 9.48. The van der Waals surface area contributed by atoms with E-state index in [2.05, 4.69) is 0 Å². The van der Waals surface area contributed by atoms with Gasteiger partial charge in [-0.15, -0.1) is 0 Å². The Bertz CT molecular complexity index is 1500. The molecule has 256 valence electrons. The molecule has 0 radical (unpaired) electrons. The highest BCUT2D eigenvalue weighted by atomic mass is 16.8. The Balaban J connectivity index is 1.53. The Morgan fingerprint density at radius 2 is 1.79 bits per heavy atom. The molecule has 4 aliphatic heterocycles. The predicted molar refractivity (Wildman–Crippen MR) is 158 cm³/mol. The monoisotopic (exact) mass is 658 g/mol. The number of esters is 5. The number of carbonyl (C=O) groups is 5. The van der Waals surface area contributed by atoms with Crippen LogP contribution in [0.1, 0.15) is 89.3 Å². The highest BCUT2D eigenvalue weighted by Crippen LogP contribution is 2.81. The van der Waals surface area contributed by atoms with Crippen LogP contribution in [0.25, 0.3) is 0 Å². The van der Waals surface area contributed by atoms with Gasteiger partial charge in [0.15, 0.2) is 11.7 Å². The number of aliphatic hydroxyl groups is 2. The summed E-state index contributed by atoms with van der Waals surface area (Å²) in [7, 11) is 0. The van der Waals surface area contributed by atoms with E-state index in [9.17, 15) is 34.2 Å². The Hall–Kier alpha value is -3.55. The highest BCUT2D eigenvalue weighted by molar-refractivity contribution is 5.96. The fraction of sp³-hybridized carbons (Fsp3) is 0.676. The van der Waals surface area contributed by atoms with E-state index in [1.54, 1.807) is 18.2 Å². The molecule has 1 aromatic carbocycles. The number of rotatable bonds is 8. The number of cyclic esters (lactones) is 1. The van der Waals surface area contributed by atoms with Crippen molar-refractivity contribution in [2.24, 2.45) is 28.1 Å². The van der Waals surface area contributed by atoms with E-state index in [4.69, 9.17) is 28.4 Å². The molecule has 0 bridgehead atoms. The van der Waals surface area contributed by atoms with E-state index in [-0.39, 0.29) is 12.0 Å². The average molecular weight is 659 g/mol. The van der Waals surface area contributed by atoms with Crippen LogP contribution in [0.5, 0.6) is 0 Å². The van der Waals surface area contributed by atoms with Crippen molar-refractivity contribution in [2.45, 2.75) is 110 Å². The molecule has 13 nitrogen and oxygen atoms in total. The highest BCUT2D eigenvalue weighted by Gasteiger charge is 2.97. The number of hydrogen-bond acceptors (Lipinski definition) is 13. The molecule has 1 saturated carbocycles. The van der Waals surface area contributed by atoms with Crippen molar-refractivity contribution in [3.8, 4) is 0 Å². The third-order valence-electron chi connectivity index (χ3n) is 11.1. The molecule has 1 aromatic rings. The molecule has 6 rings (SSSR count). The number of aliphatic hydroxyl groups excluding tert-OH is 2. The quantitative estimate of drug-likeness (QED) is 0.308. The molecule has 47 heavy (non-hydrogen) atoms. The zero-order valence-corrected chi connectivity index (χ0v) is 27.3. The summed E-state index contributed by atoms with van der Waals surface area (Å²) in [6.45, 7) is 9.56. The molecule has 5 aliphatic rings. The molecule has 4 saturated heterocycles. The van der Waals surface area contributed by atoms with Gasteiger partial charge in [-0.05, 0) is 43.6 Å². The second-order valence-electron chi connectivity index (χ2n) is 14.4. The molecular formula is C34H42O13. The van der Waals surface area contributed by atoms with E-state index >= 15 is 0 Å². The molecule has 2 spiro atoms. The van der Waals surface area contributed by atoms with Crippen molar-refractivity contribution in [2.75, 3.05) is 6.61 Å².